The minimum Gasteiger partial charge on any atom is -0.508 e. The van der Waals surface area contributed by atoms with Gasteiger partial charge in [0.1, 0.15) is 63.9 Å². The van der Waals surface area contributed by atoms with Crippen LogP contribution in [0.2, 0.25) is 0 Å². The van der Waals surface area contributed by atoms with Gasteiger partial charge in [0.15, 0.2) is 5.43 Å². The maximum atomic E-state index is 14.5. The van der Waals surface area contributed by atoms with Gasteiger partial charge in [-0.2, -0.15) is 0 Å². The fourth-order valence-corrected chi connectivity index (χ4v) is 11.1. The Labute approximate surface area is 357 Å². The van der Waals surface area contributed by atoms with Crippen LogP contribution in [-0.4, -0.2) is 65.4 Å². The van der Waals surface area contributed by atoms with Gasteiger partial charge in [-0.05, 0) is 105 Å². The van der Waals surface area contributed by atoms with Crippen molar-refractivity contribution in [3.63, 3.8) is 0 Å². The summed E-state index contributed by atoms with van der Waals surface area (Å²) in [5.41, 5.74) is 14.0. The quantitative estimate of drug-likeness (QED) is 0.0767. The summed E-state index contributed by atoms with van der Waals surface area (Å²) in [5, 5.41) is 56.9. The highest BCUT2D eigenvalue weighted by atomic mass is 16.6. The number of nitrogen functional groups attached to an aromatic ring is 2. The molecule has 14 nitrogen and oxygen atoms in total. The molecule has 62 heavy (non-hydrogen) atoms. The fraction of sp³-hybridized carbons (Fsp3) is 0.417. The number of aromatic nitrogens is 2. The molecule has 0 radical (unpaired) electrons. The third-order valence-electron chi connectivity index (χ3n) is 14.2. The number of rotatable bonds is 7. The summed E-state index contributed by atoms with van der Waals surface area (Å²) in [6.45, 7) is 2.51. The van der Waals surface area contributed by atoms with E-state index in [0.717, 1.165) is 35.6 Å². The number of allylic oxidation sites excluding steroid dienone is 1. The number of hydrogen-bond acceptors (Lipinski definition) is 14. The summed E-state index contributed by atoms with van der Waals surface area (Å²) >= 11 is 0. The van der Waals surface area contributed by atoms with E-state index in [9.17, 15) is 35.1 Å². The summed E-state index contributed by atoms with van der Waals surface area (Å²) in [7, 11) is 0. The third kappa shape index (κ3) is 6.75. The first-order valence-corrected chi connectivity index (χ1v) is 21.4. The van der Waals surface area contributed by atoms with Crippen molar-refractivity contribution >= 4 is 28.6 Å². The molecule has 5 aromatic rings. The van der Waals surface area contributed by atoms with Crippen molar-refractivity contribution in [2.75, 3.05) is 18.1 Å². The fourth-order valence-electron chi connectivity index (χ4n) is 11.1. The molecule has 2 aliphatic heterocycles. The molecule has 3 aromatic heterocycles. The van der Waals surface area contributed by atoms with Crippen molar-refractivity contribution in [3.05, 3.63) is 121 Å². The number of benzene rings is 2. The Bertz CT molecular complexity index is 2670. The number of aromatic hydroxyl groups is 2. The molecule has 6 unspecified atom stereocenters. The van der Waals surface area contributed by atoms with E-state index in [-0.39, 0.29) is 57.5 Å². The molecule has 1 saturated carbocycles. The molecular weight excluding hydrogens is 793 g/mol. The van der Waals surface area contributed by atoms with Gasteiger partial charge in [-0.3, -0.25) is 4.79 Å². The lowest BCUT2D eigenvalue weighted by atomic mass is 9.67. The average Bonchev–Trinajstić information content (AvgIpc) is 3.70. The van der Waals surface area contributed by atoms with Crippen molar-refractivity contribution < 1.29 is 44.2 Å². The smallest absolute Gasteiger partial charge is 0.337 e. The molecule has 5 heterocycles. The highest BCUT2D eigenvalue weighted by Gasteiger charge is 2.54. The second kappa shape index (κ2) is 15.7. The topological polar surface area (TPSA) is 245 Å². The summed E-state index contributed by atoms with van der Waals surface area (Å²) in [4.78, 5) is 37.7. The number of fused-ring (bicyclic) bond motifs is 5. The molecule has 14 heteroatoms. The second-order valence-corrected chi connectivity index (χ2v) is 17.6. The number of esters is 1. The Morgan fingerprint density at radius 3 is 2.53 bits per heavy atom. The number of carbonyl (C=O) groups is 1. The van der Waals surface area contributed by atoms with Gasteiger partial charge in [0, 0.05) is 59.3 Å². The molecule has 2 aromatic carbocycles. The van der Waals surface area contributed by atoms with Crippen LogP contribution in [0.25, 0.3) is 11.0 Å². The van der Waals surface area contributed by atoms with Crippen molar-refractivity contribution in [2.45, 2.75) is 113 Å². The lowest BCUT2D eigenvalue weighted by Crippen LogP contribution is -2.57. The number of pyridine rings is 2. The number of nitrogens with two attached hydrogens (primary N) is 2. The molecule has 324 valence electrons. The SMILES string of the molecule is CC=C(C(=O)OC1Cc2c3c(c4oc(CO)cc(=O)c4c2O)C2c4ccnc(N)c4C(CCc4ccc(O)cc4C2CO)CC(Cc2ccc(N)nc2)C1(C)O3)C1(O)CCCC1. The molecule has 4 bridgehead atoms. The van der Waals surface area contributed by atoms with E-state index >= 15 is 0 Å². The molecule has 6 atom stereocenters. The van der Waals surface area contributed by atoms with E-state index in [4.69, 9.17) is 25.4 Å². The summed E-state index contributed by atoms with van der Waals surface area (Å²) < 4.78 is 20.4. The lowest BCUT2D eigenvalue weighted by molar-refractivity contribution is -0.167. The maximum Gasteiger partial charge on any atom is 0.337 e. The maximum absolute atomic E-state index is 14.5. The van der Waals surface area contributed by atoms with Gasteiger partial charge >= 0.3 is 5.97 Å². The normalized spacial score (nSPS) is 25.2. The van der Waals surface area contributed by atoms with Gasteiger partial charge in [-0.25, -0.2) is 14.8 Å². The number of anilines is 2. The van der Waals surface area contributed by atoms with E-state index in [1.165, 1.54) is 0 Å². The van der Waals surface area contributed by atoms with E-state index in [1.54, 1.807) is 43.6 Å². The van der Waals surface area contributed by atoms with Gasteiger partial charge in [0.2, 0.25) is 0 Å². The second-order valence-electron chi connectivity index (χ2n) is 17.6. The first-order valence-electron chi connectivity index (χ1n) is 21.4. The number of carbonyl (C=O) groups excluding carboxylic acids is 1. The summed E-state index contributed by atoms with van der Waals surface area (Å²) in [5.74, 6) is -2.95. The van der Waals surface area contributed by atoms with Crippen molar-refractivity contribution in [2.24, 2.45) is 5.92 Å². The van der Waals surface area contributed by atoms with Crippen LogP contribution >= 0.6 is 0 Å². The van der Waals surface area contributed by atoms with E-state index in [1.807, 2.05) is 25.1 Å². The highest BCUT2D eigenvalue weighted by Crippen LogP contribution is 2.58. The number of aliphatic hydroxyl groups excluding tert-OH is 2. The van der Waals surface area contributed by atoms with Crippen LogP contribution in [0.15, 0.2) is 75.7 Å². The summed E-state index contributed by atoms with van der Waals surface area (Å²) in [6.07, 6.45) is 7.87. The van der Waals surface area contributed by atoms with Crippen LogP contribution in [-0.2, 0) is 35.4 Å². The van der Waals surface area contributed by atoms with Gasteiger partial charge in [-0.15, -0.1) is 0 Å². The Kier molecular flexibility index (Phi) is 10.5. The number of aliphatic hydroxyl groups is 3. The number of phenols is 2. The number of ether oxygens (including phenoxy) is 2. The molecule has 0 amide bonds. The predicted octanol–water partition coefficient (Wildman–Crippen LogP) is 5.71. The average molecular weight is 845 g/mol. The number of nitrogens with zero attached hydrogens (tertiary/aromatic N) is 2. The molecule has 0 spiro atoms. The largest absolute Gasteiger partial charge is 0.508 e. The number of aryl methyl sites for hydroxylation is 1. The Hall–Kier alpha value is -5.96. The predicted molar refractivity (Wildman–Crippen MR) is 230 cm³/mol. The summed E-state index contributed by atoms with van der Waals surface area (Å²) in [6, 6.07) is 11.7. The first-order chi connectivity index (χ1) is 29.8. The number of hydrogen-bond donors (Lipinski definition) is 7. The van der Waals surface area contributed by atoms with Crippen LogP contribution in [0.1, 0.15) is 115 Å². The molecule has 9 N–H and O–H groups in total. The zero-order valence-corrected chi connectivity index (χ0v) is 34.8. The van der Waals surface area contributed by atoms with Gasteiger partial charge in [-0.1, -0.05) is 31.1 Å². The van der Waals surface area contributed by atoms with Gasteiger partial charge in [0.25, 0.3) is 0 Å². The third-order valence-corrected chi connectivity index (χ3v) is 14.2. The highest BCUT2D eigenvalue weighted by molar-refractivity contribution is 5.93. The van der Waals surface area contributed by atoms with Crippen LogP contribution in [0.3, 0.4) is 0 Å². The molecule has 4 aliphatic rings. The molecule has 2 aliphatic carbocycles. The van der Waals surface area contributed by atoms with E-state index in [2.05, 4.69) is 9.97 Å². The Balaban J connectivity index is 1.39. The van der Waals surface area contributed by atoms with Gasteiger partial charge in [0.05, 0.1) is 17.8 Å². The first kappa shape index (κ1) is 41.4. The van der Waals surface area contributed by atoms with Crippen LogP contribution in [0, 0.1) is 5.92 Å². The standard InChI is InChI=1S/C48H52N4O10/c1-3-34(48(59)13-4-5-14-48)46(58)61-36-20-32-42(57)40-35(56)19-29(22-53)60-44(40)41-39-30-12-15-51-45(50)38(30)26(8-7-25-9-10-28(55)18-31(25)33(39)23-54)17-27(47(36,2)62-43(32)41)16-24-6-11-37(49)52-21-24/h3,6,9-12,15,18-19,21,26-27,33,36,39,53-55,57,59H,4-5,7-8,13-14,16-17,20,22-23H2,1-2H3,(H2,49,52)(H2,50,51). The number of phenolic OH excluding ortho intramolecular Hbond substituents is 2. The Morgan fingerprint density at radius 2 is 1.82 bits per heavy atom. The minimum absolute atomic E-state index is 0.00404. The van der Waals surface area contributed by atoms with Crippen molar-refractivity contribution in [1.29, 1.82) is 0 Å². The monoisotopic (exact) mass is 844 g/mol. The van der Waals surface area contributed by atoms with Crippen LogP contribution in [0.4, 0.5) is 11.6 Å². The minimum atomic E-state index is -1.39. The molecule has 0 saturated heterocycles. The van der Waals surface area contributed by atoms with Crippen molar-refractivity contribution in [1.82, 2.24) is 9.97 Å². The molecule has 9 rings (SSSR count). The van der Waals surface area contributed by atoms with Crippen LogP contribution < -0.4 is 21.6 Å². The molecular formula is C48H52N4O10. The van der Waals surface area contributed by atoms with E-state index < -0.39 is 65.4 Å². The van der Waals surface area contributed by atoms with E-state index in [0.29, 0.717) is 61.0 Å². The van der Waals surface area contributed by atoms with Gasteiger partial charge < -0.3 is 50.9 Å². The zero-order chi connectivity index (χ0) is 43.7. The van der Waals surface area contributed by atoms with Crippen LogP contribution in [0.5, 0.6) is 17.2 Å². The van der Waals surface area contributed by atoms with Crippen molar-refractivity contribution in [3.8, 4) is 17.2 Å². The molecule has 1 fully saturated rings. The zero-order valence-electron chi connectivity index (χ0n) is 34.8. The lowest BCUT2D eigenvalue weighted by Gasteiger charge is -2.49. The Morgan fingerprint density at radius 1 is 1.03 bits per heavy atom.